The largest absolute Gasteiger partial charge is 0.481 e. The topological polar surface area (TPSA) is 63.2 Å². The monoisotopic (exact) mass is 351 g/mol. The number of unbranched alkanes of at least 4 members (excludes halogenated alkanes) is 1. The Bertz CT molecular complexity index is 537. The summed E-state index contributed by atoms with van der Waals surface area (Å²) in [6, 6.07) is 3.57. The van der Waals surface area contributed by atoms with Crippen LogP contribution in [0.5, 0.6) is 5.88 Å². The first-order valence-corrected chi connectivity index (χ1v) is 9.01. The van der Waals surface area contributed by atoms with E-state index in [9.17, 15) is 4.79 Å². The smallest absolute Gasteiger partial charge is 0.233 e. The Morgan fingerprint density at radius 1 is 1.42 bits per heavy atom. The van der Waals surface area contributed by atoms with Gasteiger partial charge in [-0.2, -0.15) is 0 Å². The molecule has 1 heterocycles. The summed E-state index contributed by atoms with van der Waals surface area (Å²) in [6.45, 7) is 7.01. The van der Waals surface area contributed by atoms with Crippen LogP contribution in [0.1, 0.15) is 57.9 Å². The first-order valence-electron chi connectivity index (χ1n) is 8.60. The molecule has 0 aromatic carbocycles. The summed E-state index contributed by atoms with van der Waals surface area (Å²) in [4.78, 5) is 16.4. The Kier molecular flexibility index (Phi) is 9.30. The molecule has 0 bridgehead atoms. The van der Waals surface area contributed by atoms with E-state index in [-0.39, 0.29) is 11.8 Å². The third-order valence-electron chi connectivity index (χ3n) is 4.19. The standard InChI is InChI=1S/C18H29N3O2S/c1-5-7-8-14(6-2)12-20-18(24)21-17(22)13(3)15-9-10-19-16(11-15)23-4/h9-11,13-14H,5-8,12H2,1-4H3,(H2,20,21,22,24). The lowest BCUT2D eigenvalue weighted by Crippen LogP contribution is -2.42. The summed E-state index contributed by atoms with van der Waals surface area (Å²) >= 11 is 5.25. The quantitative estimate of drug-likeness (QED) is 0.668. The molecule has 0 spiro atoms. The molecule has 1 aromatic heterocycles. The van der Waals surface area contributed by atoms with Gasteiger partial charge in [-0.1, -0.05) is 33.1 Å². The fourth-order valence-corrected chi connectivity index (χ4v) is 2.59. The molecule has 0 aliphatic carbocycles. The number of methoxy groups -OCH3 is 1. The summed E-state index contributed by atoms with van der Waals surface area (Å²) in [6.07, 6.45) is 6.35. The van der Waals surface area contributed by atoms with Crippen molar-refractivity contribution in [3.8, 4) is 5.88 Å². The van der Waals surface area contributed by atoms with Crippen LogP contribution in [-0.4, -0.2) is 29.7 Å². The highest BCUT2D eigenvalue weighted by molar-refractivity contribution is 7.80. The average Bonchev–Trinajstić information content (AvgIpc) is 2.61. The minimum atomic E-state index is -0.330. The molecule has 0 aliphatic rings. The number of aromatic nitrogens is 1. The summed E-state index contributed by atoms with van der Waals surface area (Å²) in [5, 5.41) is 6.33. The molecular weight excluding hydrogens is 322 g/mol. The number of amides is 1. The molecule has 0 aliphatic heterocycles. The van der Waals surface area contributed by atoms with Gasteiger partial charge in [0.05, 0.1) is 13.0 Å². The molecule has 2 unspecified atom stereocenters. The number of rotatable bonds is 9. The Hall–Kier alpha value is -1.69. The van der Waals surface area contributed by atoms with Crippen molar-refractivity contribution in [2.45, 2.75) is 52.4 Å². The van der Waals surface area contributed by atoms with Crippen molar-refractivity contribution in [2.75, 3.05) is 13.7 Å². The predicted molar refractivity (Wildman–Crippen MR) is 101 cm³/mol. The van der Waals surface area contributed by atoms with Crippen LogP contribution in [0.2, 0.25) is 0 Å². The van der Waals surface area contributed by atoms with Crippen LogP contribution in [0.25, 0.3) is 0 Å². The first kappa shape index (κ1) is 20.4. The molecule has 24 heavy (non-hydrogen) atoms. The molecule has 5 nitrogen and oxygen atoms in total. The fourth-order valence-electron chi connectivity index (χ4n) is 2.40. The highest BCUT2D eigenvalue weighted by atomic mass is 32.1. The van der Waals surface area contributed by atoms with Crippen molar-refractivity contribution < 1.29 is 9.53 Å². The van der Waals surface area contributed by atoms with Crippen molar-refractivity contribution in [1.82, 2.24) is 15.6 Å². The summed E-state index contributed by atoms with van der Waals surface area (Å²) < 4.78 is 5.09. The molecule has 0 fully saturated rings. The first-order chi connectivity index (χ1) is 11.5. The van der Waals surface area contributed by atoms with Crippen molar-refractivity contribution in [1.29, 1.82) is 0 Å². The molecular formula is C18H29N3O2S. The van der Waals surface area contributed by atoms with Crippen LogP contribution >= 0.6 is 12.2 Å². The Morgan fingerprint density at radius 2 is 2.17 bits per heavy atom. The van der Waals surface area contributed by atoms with Gasteiger partial charge < -0.3 is 15.4 Å². The molecule has 1 aromatic rings. The minimum absolute atomic E-state index is 0.137. The van der Waals surface area contributed by atoms with Crippen LogP contribution in [-0.2, 0) is 4.79 Å². The normalized spacial score (nSPS) is 13.0. The van der Waals surface area contributed by atoms with Gasteiger partial charge >= 0.3 is 0 Å². The molecule has 0 radical (unpaired) electrons. The SMILES string of the molecule is CCCCC(CC)CNC(=S)NC(=O)C(C)c1ccnc(OC)c1. The zero-order valence-electron chi connectivity index (χ0n) is 15.1. The number of pyridine rings is 1. The van der Waals surface area contributed by atoms with Gasteiger partial charge in [0.2, 0.25) is 11.8 Å². The lowest BCUT2D eigenvalue weighted by Gasteiger charge is -2.18. The van der Waals surface area contributed by atoms with E-state index in [1.165, 1.54) is 19.3 Å². The maximum absolute atomic E-state index is 12.3. The van der Waals surface area contributed by atoms with Gasteiger partial charge in [0.15, 0.2) is 5.11 Å². The Morgan fingerprint density at radius 3 is 2.79 bits per heavy atom. The van der Waals surface area contributed by atoms with Crippen molar-refractivity contribution in [3.05, 3.63) is 23.9 Å². The van der Waals surface area contributed by atoms with Gasteiger partial charge in [-0.15, -0.1) is 0 Å². The van der Waals surface area contributed by atoms with E-state index in [1.807, 2.05) is 6.92 Å². The summed E-state index contributed by atoms with van der Waals surface area (Å²) in [5.41, 5.74) is 0.844. The van der Waals surface area contributed by atoms with Crippen LogP contribution in [0.3, 0.4) is 0 Å². The van der Waals surface area contributed by atoms with Gasteiger partial charge in [-0.3, -0.25) is 4.79 Å². The number of hydrogen-bond donors (Lipinski definition) is 2. The van der Waals surface area contributed by atoms with Gasteiger partial charge in [-0.05, 0) is 43.1 Å². The second-order valence-corrected chi connectivity index (χ2v) is 6.38. The number of carbonyl (C=O) groups is 1. The molecule has 0 saturated carbocycles. The maximum atomic E-state index is 12.3. The number of carbonyl (C=O) groups excluding carboxylic acids is 1. The number of nitrogens with zero attached hydrogens (tertiary/aromatic N) is 1. The van der Waals surface area contributed by atoms with E-state index < -0.39 is 0 Å². The van der Waals surface area contributed by atoms with Crippen molar-refractivity contribution in [2.24, 2.45) is 5.92 Å². The third-order valence-corrected chi connectivity index (χ3v) is 4.44. The van der Waals surface area contributed by atoms with Crippen molar-refractivity contribution >= 4 is 23.2 Å². The highest BCUT2D eigenvalue weighted by Gasteiger charge is 2.17. The van der Waals surface area contributed by atoms with Gasteiger partial charge in [-0.25, -0.2) is 4.98 Å². The van der Waals surface area contributed by atoms with E-state index in [4.69, 9.17) is 17.0 Å². The zero-order chi connectivity index (χ0) is 17.9. The highest BCUT2D eigenvalue weighted by Crippen LogP contribution is 2.18. The van der Waals surface area contributed by atoms with E-state index in [0.29, 0.717) is 16.9 Å². The molecule has 6 heteroatoms. The Labute approximate surface area is 150 Å². The van der Waals surface area contributed by atoms with Crippen LogP contribution in [0, 0.1) is 5.92 Å². The Balaban J connectivity index is 2.49. The maximum Gasteiger partial charge on any atom is 0.233 e. The second kappa shape index (κ2) is 11.0. The van der Waals surface area contributed by atoms with Gasteiger partial charge in [0.25, 0.3) is 0 Å². The molecule has 2 N–H and O–H groups in total. The molecule has 134 valence electrons. The third kappa shape index (κ3) is 6.83. The van der Waals surface area contributed by atoms with Gasteiger partial charge in [0.1, 0.15) is 0 Å². The predicted octanol–water partition coefficient (Wildman–Crippen LogP) is 3.40. The zero-order valence-corrected chi connectivity index (χ0v) is 15.9. The molecule has 1 amide bonds. The van der Waals surface area contributed by atoms with Gasteiger partial charge in [0, 0.05) is 18.8 Å². The molecule has 1 rings (SSSR count). The number of ether oxygens (including phenoxy) is 1. The number of nitrogens with one attached hydrogen (secondary N) is 2. The lowest BCUT2D eigenvalue weighted by molar-refractivity contribution is -0.120. The van der Waals surface area contributed by atoms with E-state index in [2.05, 4.69) is 29.5 Å². The number of hydrogen-bond acceptors (Lipinski definition) is 4. The van der Waals surface area contributed by atoms with E-state index in [1.54, 1.807) is 25.4 Å². The lowest BCUT2D eigenvalue weighted by atomic mass is 9.99. The average molecular weight is 352 g/mol. The molecule has 2 atom stereocenters. The van der Waals surface area contributed by atoms with Crippen LogP contribution < -0.4 is 15.4 Å². The van der Waals surface area contributed by atoms with Crippen molar-refractivity contribution in [3.63, 3.8) is 0 Å². The van der Waals surface area contributed by atoms with Crippen LogP contribution in [0.4, 0.5) is 0 Å². The number of thiocarbonyl (C=S) groups is 1. The van der Waals surface area contributed by atoms with E-state index >= 15 is 0 Å². The fraction of sp³-hybridized carbons (Fsp3) is 0.611. The van der Waals surface area contributed by atoms with Crippen LogP contribution in [0.15, 0.2) is 18.3 Å². The summed E-state index contributed by atoms with van der Waals surface area (Å²) in [7, 11) is 1.55. The molecule has 0 saturated heterocycles. The van der Waals surface area contributed by atoms with E-state index in [0.717, 1.165) is 18.5 Å². The minimum Gasteiger partial charge on any atom is -0.481 e. The summed E-state index contributed by atoms with van der Waals surface area (Å²) in [5.74, 6) is 0.613. The second-order valence-electron chi connectivity index (χ2n) is 5.97.